The maximum atomic E-state index is 10.8. The number of nitrogens with zero attached hydrogens (tertiary/aromatic N) is 3. The van der Waals surface area contributed by atoms with Gasteiger partial charge in [-0.2, -0.15) is 0 Å². The normalized spacial score (nSPS) is 12.5. The molecule has 0 saturated carbocycles. The summed E-state index contributed by atoms with van der Waals surface area (Å²) in [4.78, 5) is 19.7. The number of aromatic nitrogens is 3. The first-order valence-corrected chi connectivity index (χ1v) is 7.31. The van der Waals surface area contributed by atoms with Crippen molar-refractivity contribution in [1.29, 1.82) is 0 Å². The standard InChI is InChI=1S/C14H17N3O2S/c1-4-5-10(3)17-13-11(6-9(2)7-15-13)16-14(17)20-8-12(18)19/h4,6-7,10H,1,5,8H2,2-3H3,(H,18,19). The maximum Gasteiger partial charge on any atom is 0.313 e. The molecule has 6 heteroatoms. The van der Waals surface area contributed by atoms with Crippen molar-refractivity contribution in [3.05, 3.63) is 30.5 Å². The van der Waals surface area contributed by atoms with Crippen LogP contribution in [0, 0.1) is 6.92 Å². The van der Waals surface area contributed by atoms with E-state index in [1.807, 2.05) is 23.6 Å². The monoisotopic (exact) mass is 291 g/mol. The molecule has 20 heavy (non-hydrogen) atoms. The van der Waals surface area contributed by atoms with Gasteiger partial charge in [0.05, 0.1) is 5.75 Å². The van der Waals surface area contributed by atoms with Gasteiger partial charge in [-0.15, -0.1) is 6.58 Å². The number of carboxylic acid groups (broad SMARTS) is 1. The van der Waals surface area contributed by atoms with Crippen LogP contribution in [0.25, 0.3) is 11.2 Å². The predicted molar refractivity (Wildman–Crippen MR) is 80.1 cm³/mol. The summed E-state index contributed by atoms with van der Waals surface area (Å²) in [5.74, 6) is -0.863. The second-order valence-corrected chi connectivity index (χ2v) is 5.62. The molecule has 2 heterocycles. The van der Waals surface area contributed by atoms with E-state index in [2.05, 4.69) is 23.5 Å². The molecule has 1 N–H and O–H groups in total. The highest BCUT2D eigenvalue weighted by atomic mass is 32.2. The zero-order chi connectivity index (χ0) is 14.7. The Kier molecular flexibility index (Phi) is 4.44. The molecule has 0 bridgehead atoms. The third-order valence-corrected chi connectivity index (χ3v) is 3.85. The highest BCUT2D eigenvalue weighted by molar-refractivity contribution is 7.99. The molecule has 0 spiro atoms. The van der Waals surface area contributed by atoms with E-state index >= 15 is 0 Å². The van der Waals surface area contributed by atoms with Gasteiger partial charge in [0.25, 0.3) is 0 Å². The highest BCUT2D eigenvalue weighted by Crippen LogP contribution is 2.28. The second kappa shape index (κ2) is 6.09. The summed E-state index contributed by atoms with van der Waals surface area (Å²) in [6.45, 7) is 7.77. The molecule has 0 aromatic carbocycles. The number of fused-ring (bicyclic) bond motifs is 1. The van der Waals surface area contributed by atoms with Gasteiger partial charge in [0.2, 0.25) is 0 Å². The first kappa shape index (κ1) is 14.6. The van der Waals surface area contributed by atoms with E-state index in [0.717, 1.165) is 23.1 Å². The van der Waals surface area contributed by atoms with Crippen LogP contribution < -0.4 is 0 Å². The smallest absolute Gasteiger partial charge is 0.313 e. The van der Waals surface area contributed by atoms with Crippen molar-refractivity contribution in [3.63, 3.8) is 0 Å². The van der Waals surface area contributed by atoms with Crippen LogP contribution in [0.4, 0.5) is 0 Å². The number of aliphatic carboxylic acids is 1. The van der Waals surface area contributed by atoms with Crippen molar-refractivity contribution in [2.45, 2.75) is 31.5 Å². The topological polar surface area (TPSA) is 68.0 Å². The molecule has 2 aromatic rings. The van der Waals surface area contributed by atoms with Gasteiger partial charge in [-0.3, -0.25) is 4.79 Å². The average molecular weight is 291 g/mol. The summed E-state index contributed by atoms with van der Waals surface area (Å²) in [6, 6.07) is 2.11. The first-order valence-electron chi connectivity index (χ1n) is 6.33. The van der Waals surface area contributed by atoms with E-state index < -0.39 is 5.97 Å². The minimum atomic E-state index is -0.853. The molecule has 0 aliphatic carbocycles. The number of carboxylic acids is 1. The number of carbonyl (C=O) groups is 1. The summed E-state index contributed by atoms with van der Waals surface area (Å²) in [5.41, 5.74) is 2.62. The summed E-state index contributed by atoms with van der Waals surface area (Å²) < 4.78 is 1.99. The number of rotatable bonds is 6. The number of pyridine rings is 1. The lowest BCUT2D eigenvalue weighted by atomic mass is 10.2. The van der Waals surface area contributed by atoms with Crippen molar-refractivity contribution in [2.75, 3.05) is 5.75 Å². The summed E-state index contributed by atoms with van der Waals surface area (Å²) in [7, 11) is 0. The molecule has 106 valence electrons. The van der Waals surface area contributed by atoms with Crippen molar-refractivity contribution in [1.82, 2.24) is 14.5 Å². The highest BCUT2D eigenvalue weighted by Gasteiger charge is 2.17. The summed E-state index contributed by atoms with van der Waals surface area (Å²) >= 11 is 1.22. The van der Waals surface area contributed by atoms with Crippen LogP contribution in [0.2, 0.25) is 0 Å². The van der Waals surface area contributed by atoms with E-state index in [1.54, 1.807) is 6.20 Å². The largest absolute Gasteiger partial charge is 0.481 e. The zero-order valence-electron chi connectivity index (χ0n) is 11.5. The zero-order valence-corrected chi connectivity index (χ0v) is 12.4. The molecular formula is C14H17N3O2S. The molecule has 2 aromatic heterocycles. The molecule has 5 nitrogen and oxygen atoms in total. The van der Waals surface area contributed by atoms with Crippen molar-refractivity contribution in [3.8, 4) is 0 Å². The lowest BCUT2D eigenvalue weighted by molar-refractivity contribution is -0.133. The molecule has 1 atom stereocenters. The Hall–Kier alpha value is -1.82. The minimum absolute atomic E-state index is 0.0108. The molecule has 0 saturated heterocycles. The van der Waals surface area contributed by atoms with Gasteiger partial charge in [-0.1, -0.05) is 17.8 Å². The number of hydrogen-bond donors (Lipinski definition) is 1. The number of imidazole rings is 1. The average Bonchev–Trinajstić information content (AvgIpc) is 2.74. The quantitative estimate of drug-likeness (QED) is 0.654. The number of hydrogen-bond acceptors (Lipinski definition) is 4. The Morgan fingerprint density at radius 3 is 3.05 bits per heavy atom. The van der Waals surface area contributed by atoms with Crippen LogP contribution in [-0.4, -0.2) is 31.4 Å². The van der Waals surface area contributed by atoms with E-state index in [-0.39, 0.29) is 11.8 Å². The Bertz CT molecular complexity index is 651. The molecule has 0 aliphatic heterocycles. The number of thioether (sulfide) groups is 1. The van der Waals surface area contributed by atoms with E-state index in [1.165, 1.54) is 11.8 Å². The predicted octanol–water partition coefficient (Wildman–Crippen LogP) is 3.05. The second-order valence-electron chi connectivity index (χ2n) is 4.68. The van der Waals surface area contributed by atoms with Crippen LogP contribution in [0.3, 0.4) is 0 Å². The molecule has 0 fully saturated rings. The van der Waals surface area contributed by atoms with Crippen molar-refractivity contribution < 1.29 is 9.90 Å². The molecule has 0 radical (unpaired) electrons. The first-order chi connectivity index (χ1) is 9.52. The Labute approximate surface area is 121 Å². The van der Waals surface area contributed by atoms with Gasteiger partial charge in [0, 0.05) is 12.2 Å². The molecular weight excluding hydrogens is 274 g/mol. The third-order valence-electron chi connectivity index (χ3n) is 2.91. The SMILES string of the molecule is C=CCC(C)n1c(SCC(=O)O)nc2cc(C)cnc21. The number of allylic oxidation sites excluding steroid dienone is 1. The van der Waals surface area contributed by atoms with Crippen LogP contribution in [0.1, 0.15) is 24.9 Å². The Balaban J connectivity index is 2.49. The lowest BCUT2D eigenvalue weighted by Crippen LogP contribution is -2.08. The van der Waals surface area contributed by atoms with Gasteiger partial charge >= 0.3 is 5.97 Å². The molecule has 0 aliphatic rings. The van der Waals surface area contributed by atoms with Crippen LogP contribution in [0.5, 0.6) is 0 Å². The lowest BCUT2D eigenvalue weighted by Gasteiger charge is -2.14. The fourth-order valence-corrected chi connectivity index (χ4v) is 2.85. The summed E-state index contributed by atoms with van der Waals surface area (Å²) in [6.07, 6.45) is 4.42. The summed E-state index contributed by atoms with van der Waals surface area (Å²) in [5, 5.41) is 9.53. The maximum absolute atomic E-state index is 10.8. The van der Waals surface area contributed by atoms with Crippen LogP contribution >= 0.6 is 11.8 Å². The van der Waals surface area contributed by atoms with Crippen LogP contribution in [-0.2, 0) is 4.79 Å². The van der Waals surface area contributed by atoms with E-state index in [0.29, 0.717) is 5.16 Å². The Morgan fingerprint density at radius 1 is 1.65 bits per heavy atom. The minimum Gasteiger partial charge on any atom is -0.481 e. The third kappa shape index (κ3) is 3.01. The van der Waals surface area contributed by atoms with E-state index in [4.69, 9.17) is 5.11 Å². The van der Waals surface area contributed by atoms with Gasteiger partial charge in [-0.25, -0.2) is 9.97 Å². The van der Waals surface area contributed by atoms with Crippen LogP contribution in [0.15, 0.2) is 30.1 Å². The van der Waals surface area contributed by atoms with Gasteiger partial charge in [0.1, 0.15) is 5.52 Å². The molecule has 1 unspecified atom stereocenters. The van der Waals surface area contributed by atoms with Crippen molar-refractivity contribution >= 4 is 28.9 Å². The van der Waals surface area contributed by atoms with Gasteiger partial charge in [0.15, 0.2) is 10.8 Å². The fourth-order valence-electron chi connectivity index (χ4n) is 2.03. The van der Waals surface area contributed by atoms with Crippen molar-refractivity contribution in [2.24, 2.45) is 0 Å². The van der Waals surface area contributed by atoms with Gasteiger partial charge < -0.3 is 9.67 Å². The van der Waals surface area contributed by atoms with E-state index in [9.17, 15) is 4.79 Å². The number of aryl methyl sites for hydroxylation is 1. The Morgan fingerprint density at radius 2 is 2.40 bits per heavy atom. The molecule has 2 rings (SSSR count). The fraction of sp³-hybridized carbons (Fsp3) is 0.357. The van der Waals surface area contributed by atoms with Gasteiger partial charge in [-0.05, 0) is 31.9 Å². The molecule has 0 amide bonds.